The van der Waals surface area contributed by atoms with Gasteiger partial charge in [-0.25, -0.2) is 9.67 Å². The van der Waals surface area contributed by atoms with Crippen molar-refractivity contribution < 1.29 is 4.74 Å². The predicted molar refractivity (Wildman–Crippen MR) is 110 cm³/mol. The molecule has 0 bridgehead atoms. The van der Waals surface area contributed by atoms with Crippen molar-refractivity contribution in [3.8, 4) is 11.1 Å². The lowest BCUT2D eigenvalue weighted by Gasteiger charge is -2.22. The largest absolute Gasteiger partial charge is 0.381 e. The van der Waals surface area contributed by atoms with Crippen molar-refractivity contribution in [2.45, 2.75) is 25.3 Å². The molecule has 0 unspecified atom stereocenters. The molecule has 1 aliphatic rings. The Morgan fingerprint density at radius 2 is 1.90 bits per heavy atom. The van der Waals surface area contributed by atoms with Crippen LogP contribution in [0.2, 0.25) is 0 Å². The number of nitrogens with one attached hydrogen (secondary N) is 1. The number of pyridine rings is 1. The van der Waals surface area contributed by atoms with E-state index in [0.717, 1.165) is 29.5 Å². The smallest absolute Gasteiger partial charge is 0.262 e. The normalized spacial score (nSPS) is 15.0. The van der Waals surface area contributed by atoms with Gasteiger partial charge in [-0.1, -0.05) is 24.3 Å². The van der Waals surface area contributed by atoms with Gasteiger partial charge in [0.2, 0.25) is 0 Å². The standard InChI is InChI=1S/C22H21N5O2/c28-22-19-14-24-27(17-7-11-29-12-8-17)21(19)25-20(26-22)13-16-3-1-2-4-18(16)15-5-9-23-10-6-15/h1-6,9-10,14,17H,7-8,11-13H2,(H,25,26,28). The summed E-state index contributed by atoms with van der Waals surface area (Å²) in [6.07, 6.45) is 7.47. The monoisotopic (exact) mass is 387 g/mol. The molecule has 3 aromatic heterocycles. The fraction of sp³-hybridized carbons (Fsp3) is 0.273. The van der Waals surface area contributed by atoms with Crippen molar-refractivity contribution in [1.82, 2.24) is 24.7 Å². The number of nitrogens with zero attached hydrogens (tertiary/aromatic N) is 4. The second-order valence-corrected chi connectivity index (χ2v) is 7.25. The number of fused-ring (bicyclic) bond motifs is 1. The summed E-state index contributed by atoms with van der Waals surface area (Å²) in [5.74, 6) is 0.637. The summed E-state index contributed by atoms with van der Waals surface area (Å²) in [6.45, 7) is 1.42. The summed E-state index contributed by atoms with van der Waals surface area (Å²) in [6, 6.07) is 12.3. The molecule has 1 saturated heterocycles. The Hall–Kier alpha value is -3.32. The Kier molecular flexibility index (Phi) is 4.65. The molecule has 1 aliphatic heterocycles. The molecule has 4 aromatic rings. The third-order valence-electron chi connectivity index (χ3n) is 5.42. The molecule has 0 amide bonds. The lowest BCUT2D eigenvalue weighted by molar-refractivity contribution is 0.0673. The first-order valence-electron chi connectivity index (χ1n) is 9.82. The quantitative estimate of drug-likeness (QED) is 0.581. The minimum atomic E-state index is -0.148. The molecule has 7 heteroatoms. The molecule has 1 fully saturated rings. The van der Waals surface area contributed by atoms with Gasteiger partial charge in [-0.15, -0.1) is 0 Å². The molecular weight excluding hydrogens is 366 g/mol. The molecule has 1 aromatic carbocycles. The van der Waals surface area contributed by atoms with Gasteiger partial charge < -0.3 is 9.72 Å². The summed E-state index contributed by atoms with van der Waals surface area (Å²) in [7, 11) is 0. The highest BCUT2D eigenvalue weighted by Crippen LogP contribution is 2.26. The van der Waals surface area contributed by atoms with Crippen LogP contribution in [0.1, 0.15) is 30.3 Å². The van der Waals surface area contributed by atoms with Crippen LogP contribution in [-0.4, -0.2) is 37.9 Å². The van der Waals surface area contributed by atoms with E-state index < -0.39 is 0 Å². The molecule has 0 aliphatic carbocycles. The molecule has 0 atom stereocenters. The van der Waals surface area contributed by atoms with Crippen molar-refractivity contribution in [2.75, 3.05) is 13.2 Å². The second-order valence-electron chi connectivity index (χ2n) is 7.25. The number of ether oxygens (including phenoxy) is 1. The van der Waals surface area contributed by atoms with E-state index in [0.29, 0.717) is 36.5 Å². The summed E-state index contributed by atoms with van der Waals surface area (Å²) < 4.78 is 7.35. The van der Waals surface area contributed by atoms with Gasteiger partial charge in [0.05, 0.1) is 12.2 Å². The average Bonchev–Trinajstić information content (AvgIpc) is 3.20. The van der Waals surface area contributed by atoms with Crippen LogP contribution in [0.15, 0.2) is 59.8 Å². The number of aromatic nitrogens is 5. The summed E-state index contributed by atoms with van der Waals surface area (Å²) in [5, 5.41) is 5.00. The van der Waals surface area contributed by atoms with Crippen LogP contribution >= 0.6 is 0 Å². The molecule has 146 valence electrons. The van der Waals surface area contributed by atoms with Gasteiger partial charge in [0.15, 0.2) is 5.65 Å². The first kappa shape index (κ1) is 17.8. The number of benzene rings is 1. The van der Waals surface area contributed by atoms with Crippen LogP contribution in [0, 0.1) is 0 Å². The van der Waals surface area contributed by atoms with E-state index >= 15 is 0 Å². The molecule has 29 heavy (non-hydrogen) atoms. The van der Waals surface area contributed by atoms with Crippen LogP contribution in [0.3, 0.4) is 0 Å². The molecule has 1 N–H and O–H groups in total. The summed E-state index contributed by atoms with van der Waals surface area (Å²) >= 11 is 0. The van der Waals surface area contributed by atoms with Gasteiger partial charge in [0, 0.05) is 32.0 Å². The van der Waals surface area contributed by atoms with Gasteiger partial charge in [-0.05, 0) is 41.7 Å². The number of hydrogen-bond acceptors (Lipinski definition) is 5. The van der Waals surface area contributed by atoms with Crippen molar-refractivity contribution in [3.63, 3.8) is 0 Å². The Balaban J connectivity index is 1.54. The van der Waals surface area contributed by atoms with Crippen molar-refractivity contribution >= 4 is 11.0 Å². The molecule has 0 saturated carbocycles. The third-order valence-corrected chi connectivity index (χ3v) is 5.42. The maximum atomic E-state index is 12.7. The van der Waals surface area contributed by atoms with E-state index in [9.17, 15) is 4.79 Å². The molecular formula is C22H21N5O2. The van der Waals surface area contributed by atoms with Crippen molar-refractivity contribution in [1.29, 1.82) is 0 Å². The van der Waals surface area contributed by atoms with Crippen LogP contribution in [0.25, 0.3) is 22.2 Å². The number of H-pyrrole nitrogens is 1. The topological polar surface area (TPSA) is 85.7 Å². The molecule has 0 spiro atoms. The first-order chi connectivity index (χ1) is 14.3. The van der Waals surface area contributed by atoms with Gasteiger partial charge in [-0.2, -0.15) is 5.10 Å². The fourth-order valence-corrected chi connectivity index (χ4v) is 3.93. The lowest BCUT2D eigenvalue weighted by Crippen LogP contribution is -2.21. The Morgan fingerprint density at radius 3 is 2.72 bits per heavy atom. The van der Waals surface area contributed by atoms with E-state index in [1.54, 1.807) is 18.6 Å². The molecule has 0 radical (unpaired) electrons. The molecule has 4 heterocycles. The van der Waals surface area contributed by atoms with Gasteiger partial charge in [0.25, 0.3) is 5.56 Å². The number of hydrogen-bond donors (Lipinski definition) is 1. The zero-order valence-electron chi connectivity index (χ0n) is 15.9. The Bertz CT molecular complexity index is 1190. The predicted octanol–water partition coefficient (Wildman–Crippen LogP) is 3.12. The van der Waals surface area contributed by atoms with Crippen molar-refractivity contribution in [3.05, 3.63) is 76.7 Å². The highest BCUT2D eigenvalue weighted by Gasteiger charge is 2.20. The van der Waals surface area contributed by atoms with E-state index in [2.05, 4.69) is 27.2 Å². The van der Waals surface area contributed by atoms with Crippen LogP contribution in [0.4, 0.5) is 0 Å². The Morgan fingerprint density at radius 1 is 1.10 bits per heavy atom. The van der Waals surface area contributed by atoms with Gasteiger partial charge in [0.1, 0.15) is 11.2 Å². The van der Waals surface area contributed by atoms with Crippen molar-refractivity contribution in [2.24, 2.45) is 0 Å². The summed E-state index contributed by atoms with van der Waals surface area (Å²) in [5.41, 5.74) is 3.79. The SMILES string of the molecule is O=c1[nH]c(Cc2ccccc2-c2ccncc2)nc2c1cnn2C1CCOCC1. The Labute approximate surface area is 167 Å². The second kappa shape index (κ2) is 7.60. The van der Waals surface area contributed by atoms with E-state index in [1.165, 1.54) is 0 Å². The maximum absolute atomic E-state index is 12.7. The van der Waals surface area contributed by atoms with Gasteiger partial charge in [-0.3, -0.25) is 9.78 Å². The van der Waals surface area contributed by atoms with Crippen LogP contribution in [-0.2, 0) is 11.2 Å². The highest BCUT2D eigenvalue weighted by atomic mass is 16.5. The number of aromatic amines is 1. The summed E-state index contributed by atoms with van der Waals surface area (Å²) in [4.78, 5) is 24.5. The first-order valence-corrected chi connectivity index (χ1v) is 9.82. The molecule has 7 nitrogen and oxygen atoms in total. The third kappa shape index (κ3) is 3.45. The van der Waals surface area contributed by atoms with Crippen LogP contribution < -0.4 is 5.56 Å². The lowest BCUT2D eigenvalue weighted by atomic mass is 9.98. The van der Waals surface area contributed by atoms with E-state index in [4.69, 9.17) is 9.72 Å². The van der Waals surface area contributed by atoms with E-state index in [1.807, 2.05) is 28.9 Å². The highest BCUT2D eigenvalue weighted by molar-refractivity contribution is 5.73. The zero-order valence-corrected chi connectivity index (χ0v) is 15.9. The number of rotatable bonds is 4. The minimum Gasteiger partial charge on any atom is -0.381 e. The minimum absolute atomic E-state index is 0.148. The molecule has 5 rings (SSSR count). The zero-order chi connectivity index (χ0) is 19.6. The van der Waals surface area contributed by atoms with Gasteiger partial charge >= 0.3 is 0 Å². The van der Waals surface area contributed by atoms with Crippen LogP contribution in [0.5, 0.6) is 0 Å². The average molecular weight is 387 g/mol. The maximum Gasteiger partial charge on any atom is 0.262 e. The van der Waals surface area contributed by atoms with E-state index in [-0.39, 0.29) is 11.6 Å². The fourth-order valence-electron chi connectivity index (χ4n) is 3.93.